The minimum absolute atomic E-state index is 0.338. The number of nitrogens with one attached hydrogen (secondary N) is 1. The SMILES string of the molecule is COc1ccc(C(C)(NCC(F)(F)F)C(N)=O)cc1. The Morgan fingerprint density at radius 3 is 2.21 bits per heavy atom. The van der Waals surface area contributed by atoms with Gasteiger partial charge in [0.15, 0.2) is 0 Å². The number of amides is 1. The molecule has 19 heavy (non-hydrogen) atoms. The molecule has 0 aromatic heterocycles. The Kier molecular flexibility index (Phi) is 4.41. The standard InChI is InChI=1S/C12H15F3N2O2/c1-11(10(16)18,17-7-12(13,14)15)8-3-5-9(19-2)6-4-8/h3-6,17H,7H2,1-2H3,(H2,16,18). The molecule has 1 aromatic rings. The summed E-state index contributed by atoms with van der Waals surface area (Å²) in [6, 6.07) is 6.08. The highest BCUT2D eigenvalue weighted by Crippen LogP contribution is 2.24. The van der Waals surface area contributed by atoms with Crippen molar-refractivity contribution in [1.82, 2.24) is 5.32 Å². The first kappa shape index (κ1) is 15.3. The number of alkyl halides is 3. The van der Waals surface area contributed by atoms with Crippen LogP contribution < -0.4 is 15.8 Å². The monoisotopic (exact) mass is 276 g/mol. The van der Waals surface area contributed by atoms with Crippen molar-refractivity contribution in [2.24, 2.45) is 5.73 Å². The highest BCUT2D eigenvalue weighted by Gasteiger charge is 2.37. The van der Waals surface area contributed by atoms with Gasteiger partial charge in [0.05, 0.1) is 13.7 Å². The molecule has 0 heterocycles. The van der Waals surface area contributed by atoms with Gasteiger partial charge >= 0.3 is 6.18 Å². The number of benzene rings is 1. The molecule has 0 aliphatic carbocycles. The van der Waals surface area contributed by atoms with Crippen LogP contribution in [0.1, 0.15) is 12.5 Å². The van der Waals surface area contributed by atoms with E-state index in [4.69, 9.17) is 10.5 Å². The van der Waals surface area contributed by atoms with Gasteiger partial charge in [-0.25, -0.2) is 0 Å². The maximum absolute atomic E-state index is 12.2. The van der Waals surface area contributed by atoms with Crippen molar-refractivity contribution in [3.63, 3.8) is 0 Å². The number of halogens is 3. The van der Waals surface area contributed by atoms with Gasteiger partial charge in [0, 0.05) is 0 Å². The number of nitrogens with two attached hydrogens (primary N) is 1. The molecule has 3 N–H and O–H groups in total. The molecule has 0 saturated carbocycles. The molecule has 0 fully saturated rings. The Morgan fingerprint density at radius 2 is 1.84 bits per heavy atom. The van der Waals surface area contributed by atoms with Crippen LogP contribution in [0, 0.1) is 0 Å². The quantitative estimate of drug-likeness (QED) is 0.857. The van der Waals surface area contributed by atoms with Gasteiger partial charge in [0.1, 0.15) is 11.3 Å². The van der Waals surface area contributed by atoms with Crippen LogP contribution in [-0.2, 0) is 10.3 Å². The lowest BCUT2D eigenvalue weighted by Crippen LogP contribution is -2.53. The summed E-state index contributed by atoms with van der Waals surface area (Å²) < 4.78 is 41.7. The second-order valence-corrected chi connectivity index (χ2v) is 4.19. The summed E-state index contributed by atoms with van der Waals surface area (Å²) in [5.41, 5.74) is 3.95. The topological polar surface area (TPSA) is 64.3 Å². The van der Waals surface area contributed by atoms with E-state index in [9.17, 15) is 18.0 Å². The van der Waals surface area contributed by atoms with Crippen LogP contribution in [0.25, 0.3) is 0 Å². The van der Waals surface area contributed by atoms with Gasteiger partial charge in [-0.05, 0) is 24.6 Å². The van der Waals surface area contributed by atoms with E-state index in [0.717, 1.165) is 0 Å². The first-order chi connectivity index (χ1) is 8.69. The summed E-state index contributed by atoms with van der Waals surface area (Å²) in [5.74, 6) is -0.353. The van der Waals surface area contributed by atoms with E-state index in [2.05, 4.69) is 5.32 Å². The third-order valence-corrected chi connectivity index (χ3v) is 2.80. The Labute approximate surface area is 108 Å². The predicted molar refractivity (Wildman–Crippen MR) is 63.6 cm³/mol. The van der Waals surface area contributed by atoms with Crippen LogP contribution in [0.5, 0.6) is 5.75 Å². The largest absolute Gasteiger partial charge is 0.497 e. The summed E-state index contributed by atoms with van der Waals surface area (Å²) in [6.45, 7) is 0.00134. The summed E-state index contributed by atoms with van der Waals surface area (Å²) >= 11 is 0. The highest BCUT2D eigenvalue weighted by molar-refractivity contribution is 5.85. The normalized spacial score (nSPS) is 14.8. The van der Waals surface area contributed by atoms with Gasteiger partial charge < -0.3 is 10.5 Å². The first-order valence-electron chi connectivity index (χ1n) is 5.45. The minimum Gasteiger partial charge on any atom is -0.497 e. The van der Waals surface area contributed by atoms with Crippen molar-refractivity contribution in [2.75, 3.05) is 13.7 Å². The van der Waals surface area contributed by atoms with Gasteiger partial charge in [-0.1, -0.05) is 12.1 Å². The number of primary amides is 1. The van der Waals surface area contributed by atoms with Gasteiger partial charge in [-0.2, -0.15) is 13.2 Å². The van der Waals surface area contributed by atoms with Gasteiger partial charge in [0.2, 0.25) is 5.91 Å². The predicted octanol–water partition coefficient (Wildman–Crippen LogP) is 1.55. The lowest BCUT2D eigenvalue weighted by molar-refractivity contribution is -0.135. The second kappa shape index (κ2) is 5.48. The van der Waals surface area contributed by atoms with Crippen molar-refractivity contribution in [1.29, 1.82) is 0 Å². The summed E-state index contributed by atoms with van der Waals surface area (Å²) in [7, 11) is 1.46. The van der Waals surface area contributed by atoms with E-state index >= 15 is 0 Å². The molecule has 1 unspecified atom stereocenters. The fourth-order valence-corrected chi connectivity index (χ4v) is 1.53. The van der Waals surface area contributed by atoms with Gasteiger partial charge in [0.25, 0.3) is 0 Å². The van der Waals surface area contributed by atoms with Crippen LogP contribution in [-0.4, -0.2) is 25.7 Å². The zero-order valence-electron chi connectivity index (χ0n) is 10.5. The molecule has 1 rings (SSSR count). The molecule has 7 heteroatoms. The van der Waals surface area contributed by atoms with Crippen molar-refractivity contribution in [2.45, 2.75) is 18.6 Å². The highest BCUT2D eigenvalue weighted by atomic mass is 19.4. The van der Waals surface area contributed by atoms with Crippen molar-refractivity contribution in [3.8, 4) is 5.75 Å². The van der Waals surface area contributed by atoms with Crippen molar-refractivity contribution in [3.05, 3.63) is 29.8 Å². The molecule has 4 nitrogen and oxygen atoms in total. The summed E-state index contributed by atoms with van der Waals surface area (Å²) in [6.07, 6.45) is -4.43. The first-order valence-corrected chi connectivity index (χ1v) is 5.45. The van der Waals surface area contributed by atoms with Crippen LogP contribution in [0.2, 0.25) is 0 Å². The third-order valence-electron chi connectivity index (χ3n) is 2.80. The van der Waals surface area contributed by atoms with E-state index in [1.165, 1.54) is 26.2 Å². The van der Waals surface area contributed by atoms with E-state index in [1.54, 1.807) is 12.1 Å². The Morgan fingerprint density at radius 1 is 1.32 bits per heavy atom. The zero-order chi connectivity index (χ0) is 14.7. The van der Waals surface area contributed by atoms with Crippen LogP contribution in [0.3, 0.4) is 0 Å². The van der Waals surface area contributed by atoms with Gasteiger partial charge in [-0.3, -0.25) is 10.1 Å². The molecular formula is C12H15F3N2O2. The number of ether oxygens (including phenoxy) is 1. The van der Waals surface area contributed by atoms with Gasteiger partial charge in [-0.15, -0.1) is 0 Å². The average Bonchev–Trinajstić information content (AvgIpc) is 2.35. The maximum Gasteiger partial charge on any atom is 0.401 e. The van der Waals surface area contributed by atoms with Crippen LogP contribution in [0.15, 0.2) is 24.3 Å². The molecule has 1 aromatic carbocycles. The maximum atomic E-state index is 12.2. The van der Waals surface area contributed by atoms with E-state index < -0.39 is 24.2 Å². The minimum atomic E-state index is -4.43. The number of hydrogen-bond acceptors (Lipinski definition) is 3. The van der Waals surface area contributed by atoms with Crippen molar-refractivity contribution >= 4 is 5.91 Å². The number of hydrogen-bond donors (Lipinski definition) is 2. The molecule has 0 saturated heterocycles. The Bertz CT molecular complexity index is 445. The van der Waals surface area contributed by atoms with Crippen LogP contribution in [0.4, 0.5) is 13.2 Å². The molecule has 106 valence electrons. The number of carbonyl (C=O) groups excluding carboxylic acids is 1. The molecule has 0 spiro atoms. The molecular weight excluding hydrogens is 261 g/mol. The van der Waals surface area contributed by atoms with Crippen LogP contribution >= 0.6 is 0 Å². The third kappa shape index (κ3) is 3.85. The molecule has 1 atom stereocenters. The van der Waals surface area contributed by atoms with E-state index in [-0.39, 0.29) is 0 Å². The van der Waals surface area contributed by atoms with Crippen molar-refractivity contribution < 1.29 is 22.7 Å². The zero-order valence-corrected chi connectivity index (χ0v) is 10.5. The Hall–Kier alpha value is -1.76. The fourth-order valence-electron chi connectivity index (χ4n) is 1.53. The number of methoxy groups -OCH3 is 1. The lowest BCUT2D eigenvalue weighted by atomic mass is 9.91. The molecule has 0 bridgehead atoms. The second-order valence-electron chi connectivity index (χ2n) is 4.19. The average molecular weight is 276 g/mol. The summed E-state index contributed by atoms with van der Waals surface area (Å²) in [4.78, 5) is 11.5. The number of carbonyl (C=O) groups is 1. The number of rotatable bonds is 5. The van der Waals surface area contributed by atoms with E-state index in [1.807, 2.05) is 0 Å². The molecule has 0 aliphatic heterocycles. The Balaban J connectivity index is 3.00. The molecule has 0 radical (unpaired) electrons. The smallest absolute Gasteiger partial charge is 0.401 e. The lowest BCUT2D eigenvalue weighted by Gasteiger charge is -2.28. The summed E-state index contributed by atoms with van der Waals surface area (Å²) in [5, 5.41) is 2.15. The molecule has 1 amide bonds. The van der Waals surface area contributed by atoms with E-state index in [0.29, 0.717) is 11.3 Å². The molecule has 0 aliphatic rings. The fraction of sp³-hybridized carbons (Fsp3) is 0.417.